The van der Waals surface area contributed by atoms with E-state index in [1.54, 1.807) is 7.05 Å². The average molecular weight is 328 g/mol. The molecule has 1 fully saturated rings. The van der Waals surface area contributed by atoms with Gasteiger partial charge in [-0.15, -0.1) is 0 Å². The maximum atomic E-state index is 11.7. The molecule has 0 aliphatic carbocycles. The first-order valence-electron chi connectivity index (χ1n) is 5.78. The Morgan fingerprint density at radius 1 is 1.53 bits per heavy atom. The van der Waals surface area contributed by atoms with Crippen LogP contribution in [-0.2, 0) is 14.3 Å². The van der Waals surface area contributed by atoms with Gasteiger partial charge in [0.2, 0.25) is 5.91 Å². The molecule has 1 saturated heterocycles. The highest BCUT2D eigenvalue weighted by Crippen LogP contribution is 2.31. The second-order valence-electron chi connectivity index (χ2n) is 4.53. The first kappa shape index (κ1) is 14.0. The minimum Gasteiger partial charge on any atom is -0.479 e. The van der Waals surface area contributed by atoms with Crippen LogP contribution in [0.2, 0.25) is 0 Å². The van der Waals surface area contributed by atoms with Crippen LogP contribution in [-0.4, -0.2) is 41.6 Å². The molecule has 1 N–H and O–H groups in total. The van der Waals surface area contributed by atoms with Crippen LogP contribution in [0, 0.1) is 6.92 Å². The first-order valence-corrected chi connectivity index (χ1v) is 6.57. The summed E-state index contributed by atoms with van der Waals surface area (Å²) in [5.74, 6) is -1.29. The summed E-state index contributed by atoms with van der Waals surface area (Å²) in [6, 6.07) is 4.91. The normalized spacial score (nSPS) is 23.5. The summed E-state index contributed by atoms with van der Waals surface area (Å²) in [5.41, 5.74) is 1.78. The van der Waals surface area contributed by atoms with E-state index in [0.29, 0.717) is 0 Å². The van der Waals surface area contributed by atoms with E-state index in [-0.39, 0.29) is 12.5 Å². The van der Waals surface area contributed by atoms with E-state index in [4.69, 9.17) is 4.74 Å². The Morgan fingerprint density at radius 2 is 2.21 bits per heavy atom. The second kappa shape index (κ2) is 5.30. The van der Waals surface area contributed by atoms with E-state index >= 15 is 0 Å². The molecule has 2 rings (SSSR count). The highest BCUT2D eigenvalue weighted by Gasteiger charge is 2.40. The van der Waals surface area contributed by atoms with Crippen molar-refractivity contribution in [3.8, 4) is 0 Å². The standard InChI is InChI=1S/C13H14BrNO4/c1-7-3-4-8(5-9(7)14)11-12(13(17)18)19-6-10(16)15(11)2/h3-5,11-12H,6H2,1-2H3,(H,17,18). The van der Waals surface area contributed by atoms with E-state index in [9.17, 15) is 14.7 Å². The molecule has 1 aliphatic heterocycles. The number of amides is 1. The molecule has 0 spiro atoms. The van der Waals surface area contributed by atoms with Gasteiger partial charge in [-0.25, -0.2) is 4.79 Å². The van der Waals surface area contributed by atoms with Crippen molar-refractivity contribution in [1.82, 2.24) is 4.90 Å². The Kier molecular flexibility index (Phi) is 3.91. The fourth-order valence-electron chi connectivity index (χ4n) is 2.11. The van der Waals surface area contributed by atoms with Crippen molar-refractivity contribution < 1.29 is 19.4 Å². The Labute approximate surface area is 119 Å². The van der Waals surface area contributed by atoms with Gasteiger partial charge in [0.25, 0.3) is 0 Å². The van der Waals surface area contributed by atoms with Gasteiger partial charge in [-0.1, -0.05) is 28.1 Å². The number of carboxylic acid groups (broad SMARTS) is 1. The molecule has 0 aromatic heterocycles. The number of morpholine rings is 1. The van der Waals surface area contributed by atoms with E-state index in [1.807, 2.05) is 25.1 Å². The van der Waals surface area contributed by atoms with Crippen molar-refractivity contribution >= 4 is 27.8 Å². The largest absolute Gasteiger partial charge is 0.479 e. The number of benzene rings is 1. The van der Waals surface area contributed by atoms with Gasteiger partial charge in [0.1, 0.15) is 6.61 Å². The van der Waals surface area contributed by atoms with Crippen molar-refractivity contribution in [3.63, 3.8) is 0 Å². The maximum absolute atomic E-state index is 11.7. The van der Waals surface area contributed by atoms with Gasteiger partial charge in [0.05, 0.1) is 6.04 Å². The van der Waals surface area contributed by atoms with Crippen LogP contribution in [0.3, 0.4) is 0 Å². The fourth-order valence-corrected chi connectivity index (χ4v) is 2.51. The third-order valence-corrected chi connectivity index (χ3v) is 4.12. The third kappa shape index (κ3) is 2.64. The highest BCUT2D eigenvalue weighted by atomic mass is 79.9. The number of likely N-dealkylation sites (N-methyl/N-ethyl adjacent to an activating group) is 1. The van der Waals surface area contributed by atoms with Crippen molar-refractivity contribution in [1.29, 1.82) is 0 Å². The smallest absolute Gasteiger partial charge is 0.335 e. The Balaban J connectivity index is 2.43. The molecule has 1 amide bonds. The summed E-state index contributed by atoms with van der Waals surface area (Å²) in [6.45, 7) is 1.74. The molecule has 1 aromatic carbocycles. The molecule has 2 atom stereocenters. The van der Waals surface area contributed by atoms with Gasteiger partial charge in [-0.05, 0) is 24.1 Å². The van der Waals surface area contributed by atoms with Crippen LogP contribution in [0.1, 0.15) is 17.2 Å². The first-order chi connectivity index (χ1) is 8.91. The number of carbonyl (C=O) groups is 2. The molecule has 2 unspecified atom stereocenters. The molecule has 0 radical (unpaired) electrons. The number of carboxylic acids is 1. The number of hydrogen-bond acceptors (Lipinski definition) is 3. The van der Waals surface area contributed by atoms with Gasteiger partial charge in [-0.3, -0.25) is 4.79 Å². The molecule has 19 heavy (non-hydrogen) atoms. The number of aryl methyl sites for hydroxylation is 1. The van der Waals surface area contributed by atoms with Crippen LogP contribution < -0.4 is 0 Å². The van der Waals surface area contributed by atoms with E-state index in [0.717, 1.165) is 15.6 Å². The molecular weight excluding hydrogens is 314 g/mol. The lowest BCUT2D eigenvalue weighted by molar-refractivity contribution is -0.171. The van der Waals surface area contributed by atoms with Crippen LogP contribution >= 0.6 is 15.9 Å². The number of aliphatic carboxylic acids is 1. The summed E-state index contributed by atoms with van der Waals surface area (Å²) >= 11 is 3.41. The molecule has 0 saturated carbocycles. The van der Waals surface area contributed by atoms with Gasteiger partial charge < -0.3 is 14.7 Å². The Morgan fingerprint density at radius 3 is 2.79 bits per heavy atom. The number of nitrogens with zero attached hydrogens (tertiary/aromatic N) is 1. The van der Waals surface area contributed by atoms with Crippen molar-refractivity contribution in [3.05, 3.63) is 33.8 Å². The zero-order valence-corrected chi connectivity index (χ0v) is 12.2. The molecule has 5 nitrogen and oxygen atoms in total. The molecule has 1 aliphatic rings. The maximum Gasteiger partial charge on any atom is 0.335 e. The quantitative estimate of drug-likeness (QED) is 0.898. The third-order valence-electron chi connectivity index (χ3n) is 3.26. The summed E-state index contributed by atoms with van der Waals surface area (Å²) < 4.78 is 6.03. The average Bonchev–Trinajstić information content (AvgIpc) is 2.35. The van der Waals surface area contributed by atoms with E-state index in [2.05, 4.69) is 15.9 Å². The number of ether oxygens (including phenoxy) is 1. The predicted octanol–water partition coefficient (Wildman–Crippen LogP) is 1.74. The van der Waals surface area contributed by atoms with Gasteiger partial charge in [-0.2, -0.15) is 0 Å². The van der Waals surface area contributed by atoms with Gasteiger partial charge in [0, 0.05) is 11.5 Å². The molecule has 0 bridgehead atoms. The minimum atomic E-state index is -1.07. The van der Waals surface area contributed by atoms with Crippen LogP contribution in [0.4, 0.5) is 0 Å². The summed E-state index contributed by atoms with van der Waals surface area (Å²) in [6.07, 6.45) is -1.04. The van der Waals surface area contributed by atoms with Crippen molar-refractivity contribution in [2.24, 2.45) is 0 Å². The second-order valence-corrected chi connectivity index (χ2v) is 5.38. The molecule has 6 heteroatoms. The molecule has 1 heterocycles. The minimum absolute atomic E-state index is 0.197. The lowest BCUT2D eigenvalue weighted by Crippen LogP contribution is -2.50. The van der Waals surface area contributed by atoms with Crippen molar-refractivity contribution in [2.75, 3.05) is 13.7 Å². The number of halogens is 1. The van der Waals surface area contributed by atoms with Gasteiger partial charge >= 0.3 is 5.97 Å². The molecular formula is C13H14BrNO4. The fraction of sp³-hybridized carbons (Fsp3) is 0.385. The Hall–Kier alpha value is -1.40. The van der Waals surface area contributed by atoms with Crippen molar-refractivity contribution in [2.45, 2.75) is 19.1 Å². The molecule has 1 aromatic rings. The van der Waals surface area contributed by atoms with E-state index < -0.39 is 18.1 Å². The lowest BCUT2D eigenvalue weighted by atomic mass is 9.97. The zero-order valence-electron chi connectivity index (χ0n) is 10.6. The monoisotopic (exact) mass is 327 g/mol. The molecule has 102 valence electrons. The Bertz CT molecular complexity index is 531. The topological polar surface area (TPSA) is 66.8 Å². The highest BCUT2D eigenvalue weighted by molar-refractivity contribution is 9.10. The predicted molar refractivity (Wildman–Crippen MR) is 71.8 cm³/mol. The zero-order chi connectivity index (χ0) is 14.2. The number of carbonyl (C=O) groups excluding carboxylic acids is 1. The summed E-state index contributed by atoms with van der Waals surface area (Å²) in [5, 5.41) is 9.22. The van der Waals surface area contributed by atoms with Crippen LogP contribution in [0.5, 0.6) is 0 Å². The SMILES string of the molecule is Cc1ccc(C2C(C(=O)O)OCC(=O)N2C)cc1Br. The number of hydrogen-bond donors (Lipinski definition) is 1. The lowest BCUT2D eigenvalue weighted by Gasteiger charge is -2.37. The summed E-state index contributed by atoms with van der Waals surface area (Å²) in [7, 11) is 1.60. The summed E-state index contributed by atoms with van der Waals surface area (Å²) in [4.78, 5) is 24.4. The number of rotatable bonds is 2. The van der Waals surface area contributed by atoms with Crippen LogP contribution in [0.15, 0.2) is 22.7 Å². The van der Waals surface area contributed by atoms with E-state index in [1.165, 1.54) is 4.90 Å². The van der Waals surface area contributed by atoms with Crippen LogP contribution in [0.25, 0.3) is 0 Å². The van der Waals surface area contributed by atoms with Gasteiger partial charge in [0.15, 0.2) is 6.10 Å².